The molecule has 2 nitrogen and oxygen atoms in total. The van der Waals surface area contributed by atoms with E-state index in [2.05, 4.69) is 69.1 Å². The molecule has 0 amide bonds. The summed E-state index contributed by atoms with van der Waals surface area (Å²) in [6.07, 6.45) is 1.12. The fourth-order valence-electron chi connectivity index (χ4n) is 1.83. The number of rotatable bonds is 7. The predicted molar refractivity (Wildman–Crippen MR) is 87.0 cm³/mol. The summed E-state index contributed by atoms with van der Waals surface area (Å²) >= 11 is 1.84. The zero-order chi connectivity index (χ0) is 14.5. The van der Waals surface area contributed by atoms with Crippen molar-refractivity contribution in [2.75, 3.05) is 20.1 Å². The molecule has 0 bridgehead atoms. The third kappa shape index (κ3) is 6.90. The highest BCUT2D eigenvalue weighted by Crippen LogP contribution is 2.14. The summed E-state index contributed by atoms with van der Waals surface area (Å²) in [5.41, 5.74) is 1.40. The Balaban J connectivity index is 2.33. The van der Waals surface area contributed by atoms with E-state index in [9.17, 15) is 0 Å². The van der Waals surface area contributed by atoms with E-state index in [0.29, 0.717) is 6.04 Å². The summed E-state index contributed by atoms with van der Waals surface area (Å²) in [7, 11) is 2.18. The number of nitrogens with one attached hydrogen (secondary N) is 1. The molecule has 108 valence electrons. The fraction of sp³-hybridized carbons (Fsp3) is 0.625. The molecular formula is C16H28N2S. The summed E-state index contributed by atoms with van der Waals surface area (Å²) in [5.74, 6) is 0. The van der Waals surface area contributed by atoms with Gasteiger partial charge in [-0.15, -0.1) is 11.3 Å². The van der Waals surface area contributed by atoms with Crippen LogP contribution in [-0.4, -0.2) is 36.6 Å². The summed E-state index contributed by atoms with van der Waals surface area (Å²) in [6.45, 7) is 14.9. The maximum Gasteiger partial charge on any atom is 0.0202 e. The molecule has 1 N–H and O–H groups in total. The van der Waals surface area contributed by atoms with Crippen molar-refractivity contribution in [2.24, 2.45) is 0 Å². The molecule has 3 heteroatoms. The van der Waals surface area contributed by atoms with Crippen LogP contribution in [0.5, 0.6) is 0 Å². The van der Waals surface area contributed by atoms with Gasteiger partial charge in [-0.1, -0.05) is 12.6 Å². The Morgan fingerprint density at radius 3 is 2.68 bits per heavy atom. The fourth-order valence-corrected chi connectivity index (χ4v) is 2.66. The van der Waals surface area contributed by atoms with Crippen LogP contribution in [0.4, 0.5) is 0 Å². The molecule has 0 fully saturated rings. The molecule has 1 unspecified atom stereocenters. The first-order chi connectivity index (χ1) is 8.78. The minimum Gasteiger partial charge on any atom is -0.308 e. The maximum atomic E-state index is 4.18. The van der Waals surface area contributed by atoms with Crippen LogP contribution in [0, 0.1) is 0 Å². The lowest BCUT2D eigenvalue weighted by Crippen LogP contribution is -2.39. The second-order valence-electron chi connectivity index (χ2n) is 6.40. The zero-order valence-corrected chi connectivity index (χ0v) is 13.8. The number of nitrogens with zero attached hydrogens (tertiary/aromatic N) is 1. The van der Waals surface area contributed by atoms with E-state index in [1.807, 2.05) is 11.3 Å². The van der Waals surface area contributed by atoms with Crippen LogP contribution in [-0.2, 0) is 6.42 Å². The minimum absolute atomic E-state index is 0.157. The highest BCUT2D eigenvalue weighted by atomic mass is 32.1. The first kappa shape index (κ1) is 16.4. The molecule has 0 aliphatic rings. The average molecular weight is 280 g/mol. The van der Waals surface area contributed by atoms with Gasteiger partial charge in [0.1, 0.15) is 0 Å². The van der Waals surface area contributed by atoms with E-state index < -0.39 is 0 Å². The molecule has 1 rings (SSSR count). The van der Waals surface area contributed by atoms with Gasteiger partial charge in [0.2, 0.25) is 0 Å². The SMILES string of the molecule is C=C(CNC(C)(C)C)CN(C)C(C)Cc1cccs1. The van der Waals surface area contributed by atoms with Crippen molar-refractivity contribution >= 4 is 11.3 Å². The number of hydrogen-bond donors (Lipinski definition) is 1. The Morgan fingerprint density at radius 2 is 2.16 bits per heavy atom. The lowest BCUT2D eigenvalue weighted by Gasteiger charge is -2.27. The average Bonchev–Trinajstić information content (AvgIpc) is 2.78. The monoisotopic (exact) mass is 280 g/mol. The highest BCUT2D eigenvalue weighted by molar-refractivity contribution is 7.09. The van der Waals surface area contributed by atoms with Gasteiger partial charge >= 0.3 is 0 Å². The van der Waals surface area contributed by atoms with E-state index >= 15 is 0 Å². The Bertz CT molecular complexity index is 376. The molecule has 1 atom stereocenters. The molecule has 0 aromatic carbocycles. The number of likely N-dealkylation sites (N-methyl/N-ethyl adjacent to an activating group) is 1. The largest absolute Gasteiger partial charge is 0.308 e. The number of thiophene rings is 1. The van der Waals surface area contributed by atoms with Crippen LogP contribution in [0.15, 0.2) is 29.7 Å². The second kappa shape index (κ2) is 7.22. The molecule has 1 aromatic rings. The Hall–Kier alpha value is -0.640. The Labute approximate surface area is 122 Å². The quantitative estimate of drug-likeness (QED) is 0.768. The highest BCUT2D eigenvalue weighted by Gasteiger charge is 2.13. The normalized spacial score (nSPS) is 13.8. The molecule has 0 aliphatic heterocycles. The third-order valence-corrected chi connectivity index (χ3v) is 4.07. The van der Waals surface area contributed by atoms with Crippen LogP contribution >= 0.6 is 11.3 Å². The number of hydrogen-bond acceptors (Lipinski definition) is 3. The molecule has 0 saturated carbocycles. The molecule has 1 aromatic heterocycles. The van der Waals surface area contributed by atoms with Gasteiger partial charge in [0.05, 0.1) is 0 Å². The van der Waals surface area contributed by atoms with Crippen molar-refractivity contribution in [2.45, 2.75) is 45.7 Å². The first-order valence-electron chi connectivity index (χ1n) is 6.92. The van der Waals surface area contributed by atoms with Gasteiger partial charge in [0, 0.05) is 29.5 Å². The van der Waals surface area contributed by atoms with Crippen molar-refractivity contribution in [1.82, 2.24) is 10.2 Å². The lowest BCUT2D eigenvalue weighted by molar-refractivity contribution is 0.274. The molecule has 19 heavy (non-hydrogen) atoms. The van der Waals surface area contributed by atoms with Crippen molar-refractivity contribution < 1.29 is 0 Å². The van der Waals surface area contributed by atoms with E-state index in [-0.39, 0.29) is 5.54 Å². The van der Waals surface area contributed by atoms with Gasteiger partial charge in [-0.3, -0.25) is 4.90 Å². The minimum atomic E-state index is 0.157. The first-order valence-corrected chi connectivity index (χ1v) is 7.80. The van der Waals surface area contributed by atoms with Gasteiger partial charge in [0.15, 0.2) is 0 Å². The smallest absolute Gasteiger partial charge is 0.0202 e. The van der Waals surface area contributed by atoms with Crippen LogP contribution in [0.3, 0.4) is 0 Å². The van der Waals surface area contributed by atoms with Gasteiger partial charge in [-0.2, -0.15) is 0 Å². The van der Waals surface area contributed by atoms with E-state index in [4.69, 9.17) is 0 Å². The van der Waals surface area contributed by atoms with Crippen LogP contribution in [0.2, 0.25) is 0 Å². The molecule has 0 radical (unpaired) electrons. The third-order valence-electron chi connectivity index (χ3n) is 3.17. The molecule has 0 saturated heterocycles. The van der Waals surface area contributed by atoms with Crippen LogP contribution in [0.1, 0.15) is 32.6 Å². The van der Waals surface area contributed by atoms with Crippen molar-refractivity contribution in [3.05, 3.63) is 34.5 Å². The summed E-state index contributed by atoms with van der Waals surface area (Å²) in [4.78, 5) is 3.84. The van der Waals surface area contributed by atoms with Gasteiger partial charge in [0.25, 0.3) is 0 Å². The summed E-state index contributed by atoms with van der Waals surface area (Å²) < 4.78 is 0. The zero-order valence-electron chi connectivity index (χ0n) is 13.0. The Morgan fingerprint density at radius 1 is 1.47 bits per heavy atom. The Kier molecular flexibility index (Phi) is 6.24. The van der Waals surface area contributed by atoms with E-state index in [0.717, 1.165) is 19.5 Å². The van der Waals surface area contributed by atoms with Gasteiger partial charge in [-0.05, 0) is 58.2 Å². The van der Waals surface area contributed by atoms with E-state index in [1.54, 1.807) is 0 Å². The molecule has 1 heterocycles. The molecule has 0 aliphatic carbocycles. The molecular weight excluding hydrogens is 252 g/mol. The maximum absolute atomic E-state index is 4.18. The van der Waals surface area contributed by atoms with Crippen LogP contribution < -0.4 is 5.32 Å². The lowest BCUT2D eigenvalue weighted by atomic mass is 10.1. The summed E-state index contributed by atoms with van der Waals surface area (Å²) in [6, 6.07) is 4.88. The van der Waals surface area contributed by atoms with Gasteiger partial charge in [-0.25, -0.2) is 0 Å². The van der Waals surface area contributed by atoms with Crippen molar-refractivity contribution in [1.29, 1.82) is 0 Å². The predicted octanol–water partition coefficient (Wildman–Crippen LogP) is 3.56. The van der Waals surface area contributed by atoms with Crippen molar-refractivity contribution in [3.8, 4) is 0 Å². The van der Waals surface area contributed by atoms with Crippen LogP contribution in [0.25, 0.3) is 0 Å². The molecule has 0 spiro atoms. The second-order valence-corrected chi connectivity index (χ2v) is 7.43. The van der Waals surface area contributed by atoms with E-state index in [1.165, 1.54) is 10.5 Å². The van der Waals surface area contributed by atoms with Crippen molar-refractivity contribution in [3.63, 3.8) is 0 Å². The standard InChI is InChI=1S/C16H28N2S/c1-13(11-17-16(3,4)5)12-18(6)14(2)10-15-8-7-9-19-15/h7-9,14,17H,1,10-12H2,2-6H3. The van der Waals surface area contributed by atoms with Gasteiger partial charge < -0.3 is 5.32 Å². The topological polar surface area (TPSA) is 15.3 Å². The summed E-state index contributed by atoms with van der Waals surface area (Å²) in [5, 5.41) is 5.63.